The molecule has 0 bridgehead atoms. The molecular formula is C31H24O3. The standard InChI is InChI=1S/C31H24O3/c1-21(2)30(32)20-34-25-18-14-23(15-19-25)31(22-12-16-24(33-3)17-13-22)28-10-6-4-8-26(28)27-9-5-7-11-29(27)31/h3-19H,1,20H2,2H3. The van der Waals surface area contributed by atoms with E-state index >= 15 is 0 Å². The van der Waals surface area contributed by atoms with Gasteiger partial charge in [0.25, 0.3) is 0 Å². The van der Waals surface area contributed by atoms with Crippen LogP contribution in [0.25, 0.3) is 11.1 Å². The van der Waals surface area contributed by atoms with E-state index in [1.807, 2.05) is 24.3 Å². The molecule has 0 atom stereocenters. The van der Waals surface area contributed by atoms with Crippen LogP contribution in [0.15, 0.2) is 109 Å². The van der Waals surface area contributed by atoms with Crippen molar-refractivity contribution in [2.75, 3.05) is 6.61 Å². The van der Waals surface area contributed by atoms with Gasteiger partial charge in [0, 0.05) is 0 Å². The molecule has 34 heavy (non-hydrogen) atoms. The lowest BCUT2D eigenvalue weighted by molar-refractivity contribution is -0.117. The fourth-order valence-corrected chi connectivity index (χ4v) is 4.88. The second kappa shape index (κ2) is 8.68. The van der Waals surface area contributed by atoms with Gasteiger partial charge in [-0.05, 0) is 70.1 Å². The summed E-state index contributed by atoms with van der Waals surface area (Å²) in [4.78, 5) is 11.9. The van der Waals surface area contributed by atoms with Crippen LogP contribution in [0.2, 0.25) is 0 Å². The first-order valence-electron chi connectivity index (χ1n) is 11.1. The molecule has 0 fully saturated rings. The molecule has 0 amide bonds. The quantitative estimate of drug-likeness (QED) is 0.265. The molecule has 0 N–H and O–H groups in total. The lowest BCUT2D eigenvalue weighted by Gasteiger charge is -2.34. The second-order valence-electron chi connectivity index (χ2n) is 8.50. The van der Waals surface area contributed by atoms with Crippen molar-refractivity contribution in [3.05, 3.63) is 139 Å². The van der Waals surface area contributed by atoms with Crippen LogP contribution in [-0.4, -0.2) is 12.4 Å². The molecule has 0 unspecified atom stereocenters. The van der Waals surface area contributed by atoms with E-state index in [1.54, 1.807) is 6.92 Å². The lowest BCUT2D eigenvalue weighted by atomic mass is 9.68. The Morgan fingerprint density at radius 3 is 1.71 bits per heavy atom. The smallest absolute Gasteiger partial charge is 0.195 e. The SMILES string of the molecule is [CH]Oc1ccc(C2(c3ccc(OCC(=O)C(=C)C)cc3)c3ccccc3-c3ccccc32)cc1. The van der Waals surface area contributed by atoms with E-state index in [9.17, 15) is 4.79 Å². The van der Waals surface area contributed by atoms with E-state index in [4.69, 9.17) is 16.6 Å². The highest BCUT2D eigenvalue weighted by Crippen LogP contribution is 2.56. The van der Waals surface area contributed by atoms with Crippen molar-refractivity contribution >= 4 is 5.78 Å². The summed E-state index contributed by atoms with van der Waals surface area (Å²) >= 11 is 0. The van der Waals surface area contributed by atoms with Gasteiger partial charge in [0.2, 0.25) is 0 Å². The minimum atomic E-state index is -0.521. The monoisotopic (exact) mass is 444 g/mol. The van der Waals surface area contributed by atoms with E-state index < -0.39 is 5.41 Å². The molecule has 166 valence electrons. The molecule has 2 radical (unpaired) electrons. The molecule has 0 saturated carbocycles. The van der Waals surface area contributed by atoms with Crippen molar-refractivity contribution in [3.63, 3.8) is 0 Å². The average molecular weight is 445 g/mol. The van der Waals surface area contributed by atoms with E-state index in [2.05, 4.69) is 79.4 Å². The number of ketones is 1. The largest absolute Gasteiger partial charge is 0.485 e. The molecule has 4 aromatic carbocycles. The van der Waals surface area contributed by atoms with E-state index in [0.29, 0.717) is 17.1 Å². The van der Waals surface area contributed by atoms with Crippen LogP contribution in [0.4, 0.5) is 0 Å². The first-order valence-corrected chi connectivity index (χ1v) is 11.1. The van der Waals surface area contributed by atoms with Crippen molar-refractivity contribution in [1.82, 2.24) is 0 Å². The topological polar surface area (TPSA) is 35.5 Å². The van der Waals surface area contributed by atoms with Gasteiger partial charge in [-0.15, -0.1) is 0 Å². The number of hydrogen-bond acceptors (Lipinski definition) is 3. The van der Waals surface area contributed by atoms with E-state index in [0.717, 1.165) is 11.1 Å². The summed E-state index contributed by atoms with van der Waals surface area (Å²) in [6, 6.07) is 33.0. The number of hydrogen-bond donors (Lipinski definition) is 0. The van der Waals surface area contributed by atoms with Gasteiger partial charge >= 0.3 is 0 Å². The zero-order chi connectivity index (χ0) is 23.7. The van der Waals surface area contributed by atoms with Crippen molar-refractivity contribution in [2.45, 2.75) is 12.3 Å². The third-order valence-corrected chi connectivity index (χ3v) is 6.51. The third-order valence-electron chi connectivity index (χ3n) is 6.51. The summed E-state index contributed by atoms with van der Waals surface area (Å²) in [5, 5.41) is 0. The molecule has 0 aromatic heterocycles. The van der Waals surface area contributed by atoms with Gasteiger partial charge < -0.3 is 9.47 Å². The second-order valence-corrected chi connectivity index (χ2v) is 8.50. The predicted octanol–water partition coefficient (Wildman–Crippen LogP) is 6.62. The zero-order valence-electron chi connectivity index (χ0n) is 19.0. The first-order chi connectivity index (χ1) is 16.6. The Kier molecular flexibility index (Phi) is 5.54. The van der Waals surface area contributed by atoms with Gasteiger partial charge in [0.15, 0.2) is 19.5 Å². The minimum absolute atomic E-state index is 0.0218. The number of carbonyl (C=O) groups is 1. The van der Waals surface area contributed by atoms with E-state index in [-0.39, 0.29) is 12.4 Å². The summed E-state index contributed by atoms with van der Waals surface area (Å²) in [5.41, 5.74) is 7.02. The van der Waals surface area contributed by atoms with Crippen LogP contribution in [0, 0.1) is 7.11 Å². The zero-order valence-corrected chi connectivity index (χ0v) is 19.0. The molecule has 4 aromatic rings. The number of carbonyl (C=O) groups excluding carboxylic acids is 1. The van der Waals surface area contributed by atoms with Gasteiger partial charge in [-0.25, -0.2) is 0 Å². The summed E-state index contributed by atoms with van der Waals surface area (Å²) in [5.74, 6) is 1.13. The Bertz CT molecular complexity index is 1320. The number of Topliss-reactive ketones (excluding diaryl/α,β-unsaturated/α-hetero) is 1. The van der Waals surface area contributed by atoms with Crippen LogP contribution in [0.1, 0.15) is 29.2 Å². The predicted molar refractivity (Wildman–Crippen MR) is 134 cm³/mol. The van der Waals surface area contributed by atoms with Crippen molar-refractivity contribution in [3.8, 4) is 22.6 Å². The molecule has 1 aliphatic rings. The van der Waals surface area contributed by atoms with E-state index in [1.165, 1.54) is 22.3 Å². The number of fused-ring (bicyclic) bond motifs is 3. The summed E-state index contributed by atoms with van der Waals surface area (Å²) in [7, 11) is 5.39. The fourth-order valence-electron chi connectivity index (χ4n) is 4.88. The number of benzene rings is 4. The highest BCUT2D eigenvalue weighted by Gasteiger charge is 2.45. The van der Waals surface area contributed by atoms with Crippen LogP contribution < -0.4 is 9.47 Å². The van der Waals surface area contributed by atoms with Crippen molar-refractivity contribution in [1.29, 1.82) is 0 Å². The molecule has 5 rings (SSSR count). The van der Waals surface area contributed by atoms with Gasteiger partial charge in [-0.2, -0.15) is 0 Å². The lowest BCUT2D eigenvalue weighted by Crippen LogP contribution is -2.28. The van der Waals surface area contributed by atoms with Crippen molar-refractivity contribution < 1.29 is 14.3 Å². The molecular weight excluding hydrogens is 420 g/mol. The fraction of sp³-hybridized carbons (Fsp3) is 0.0968. The highest BCUT2D eigenvalue weighted by atomic mass is 16.5. The Labute approximate surface area is 200 Å². The van der Waals surface area contributed by atoms with Crippen molar-refractivity contribution in [2.24, 2.45) is 0 Å². The van der Waals surface area contributed by atoms with Gasteiger partial charge in [0.1, 0.15) is 11.5 Å². The summed E-state index contributed by atoms with van der Waals surface area (Å²) in [6.07, 6.45) is 0. The molecule has 1 aliphatic carbocycles. The van der Waals surface area contributed by atoms with Crippen LogP contribution in [0.5, 0.6) is 11.5 Å². The van der Waals surface area contributed by atoms with Gasteiger partial charge in [-0.3, -0.25) is 4.79 Å². The van der Waals surface area contributed by atoms with Gasteiger partial charge in [0.05, 0.1) is 5.41 Å². The number of ether oxygens (including phenoxy) is 2. The molecule has 0 saturated heterocycles. The maximum absolute atomic E-state index is 11.9. The Morgan fingerprint density at radius 1 is 0.765 bits per heavy atom. The molecule has 3 nitrogen and oxygen atoms in total. The summed E-state index contributed by atoms with van der Waals surface area (Å²) in [6.45, 7) is 5.35. The van der Waals surface area contributed by atoms with Gasteiger partial charge in [-0.1, -0.05) is 79.4 Å². The van der Waals surface area contributed by atoms with Crippen LogP contribution >= 0.6 is 0 Å². The normalized spacial score (nSPS) is 13.0. The minimum Gasteiger partial charge on any atom is -0.485 e. The van der Waals surface area contributed by atoms with Crippen LogP contribution in [0.3, 0.4) is 0 Å². The third kappa shape index (κ3) is 3.41. The highest BCUT2D eigenvalue weighted by molar-refractivity contribution is 5.95. The first kappa shape index (κ1) is 21.7. The van der Waals surface area contributed by atoms with Crippen LogP contribution in [-0.2, 0) is 10.2 Å². The maximum atomic E-state index is 11.9. The molecule has 0 heterocycles. The molecule has 0 spiro atoms. The number of rotatable bonds is 7. The maximum Gasteiger partial charge on any atom is 0.195 e. The molecule has 0 aliphatic heterocycles. The Balaban J connectivity index is 1.68. The summed E-state index contributed by atoms with van der Waals surface area (Å²) < 4.78 is 10.7. The molecule has 3 heteroatoms. The Hall–Kier alpha value is -4.11. The average Bonchev–Trinajstić information content (AvgIpc) is 3.19. The Morgan fingerprint density at radius 2 is 1.24 bits per heavy atom.